The number of hydrogen-bond donors (Lipinski definition) is 1. The molecule has 0 spiro atoms. The number of hydrogen-bond acceptors (Lipinski definition) is 2. The quantitative estimate of drug-likeness (QED) is 0.902. The summed E-state index contributed by atoms with van der Waals surface area (Å²) in [4.78, 5) is 11.2. The lowest BCUT2D eigenvalue weighted by atomic mass is 10.1. The lowest BCUT2D eigenvalue weighted by molar-refractivity contribution is 0.0693. The van der Waals surface area contributed by atoms with E-state index in [1.807, 2.05) is 24.3 Å². The number of carboxylic acid groups (broad SMARTS) is 1. The first-order valence-electron chi connectivity index (χ1n) is 5.90. The van der Waals surface area contributed by atoms with Crippen molar-refractivity contribution in [3.05, 3.63) is 58.1 Å². The van der Waals surface area contributed by atoms with Crippen molar-refractivity contribution in [2.75, 3.05) is 0 Å². The van der Waals surface area contributed by atoms with Gasteiger partial charge in [0.05, 0.1) is 0 Å². The van der Waals surface area contributed by atoms with E-state index in [0.29, 0.717) is 16.0 Å². The molecular formula is C15H13BrO3. The monoisotopic (exact) mass is 320 g/mol. The van der Waals surface area contributed by atoms with Gasteiger partial charge in [-0.05, 0) is 52.2 Å². The lowest BCUT2D eigenvalue weighted by Crippen LogP contribution is -2.01. The molecule has 0 aliphatic rings. The summed E-state index contributed by atoms with van der Waals surface area (Å²) >= 11 is 3.22. The first kappa shape index (κ1) is 13.6. The highest BCUT2D eigenvalue weighted by molar-refractivity contribution is 9.10. The third-order valence-corrected chi connectivity index (χ3v) is 3.41. The van der Waals surface area contributed by atoms with Crippen LogP contribution in [0.5, 0.6) is 11.5 Å². The number of carbonyl (C=O) groups is 1. The van der Waals surface area contributed by atoms with E-state index in [0.717, 1.165) is 6.42 Å². The van der Waals surface area contributed by atoms with Gasteiger partial charge < -0.3 is 9.84 Å². The van der Waals surface area contributed by atoms with E-state index >= 15 is 0 Å². The van der Waals surface area contributed by atoms with Crippen LogP contribution in [0, 0.1) is 0 Å². The molecular weight excluding hydrogens is 308 g/mol. The van der Waals surface area contributed by atoms with Crippen LogP contribution in [0.4, 0.5) is 0 Å². The normalized spacial score (nSPS) is 10.2. The molecule has 0 bridgehead atoms. The molecule has 2 aromatic rings. The van der Waals surface area contributed by atoms with Gasteiger partial charge in [0.1, 0.15) is 17.1 Å². The van der Waals surface area contributed by atoms with Crippen LogP contribution in [-0.2, 0) is 6.42 Å². The smallest absolute Gasteiger partial charge is 0.340 e. The maximum absolute atomic E-state index is 11.2. The third-order valence-electron chi connectivity index (χ3n) is 2.75. The number of carboxylic acids is 1. The molecule has 1 N–H and O–H groups in total. The molecule has 3 nitrogen and oxygen atoms in total. The number of halogens is 1. The number of benzene rings is 2. The largest absolute Gasteiger partial charge is 0.478 e. The molecule has 98 valence electrons. The van der Waals surface area contributed by atoms with Gasteiger partial charge in [-0.15, -0.1) is 0 Å². The highest BCUT2D eigenvalue weighted by Crippen LogP contribution is 2.30. The van der Waals surface area contributed by atoms with Gasteiger partial charge in [-0.25, -0.2) is 4.79 Å². The Morgan fingerprint density at radius 1 is 1.21 bits per heavy atom. The van der Waals surface area contributed by atoms with Crippen LogP contribution in [0.1, 0.15) is 22.8 Å². The van der Waals surface area contributed by atoms with Crippen LogP contribution >= 0.6 is 15.9 Å². The fourth-order valence-electron chi connectivity index (χ4n) is 1.72. The lowest BCUT2D eigenvalue weighted by Gasteiger charge is -2.10. The fraction of sp³-hybridized carbons (Fsp3) is 0.133. The Labute approximate surface area is 120 Å². The molecule has 0 radical (unpaired) electrons. The number of rotatable bonds is 4. The van der Waals surface area contributed by atoms with Crippen LogP contribution < -0.4 is 4.74 Å². The van der Waals surface area contributed by atoms with E-state index in [4.69, 9.17) is 4.74 Å². The Balaban J connectivity index is 2.32. The first-order valence-corrected chi connectivity index (χ1v) is 6.69. The second-order valence-electron chi connectivity index (χ2n) is 4.02. The van der Waals surface area contributed by atoms with Gasteiger partial charge >= 0.3 is 5.97 Å². The van der Waals surface area contributed by atoms with Crippen molar-refractivity contribution in [3.8, 4) is 11.5 Å². The molecule has 0 aliphatic heterocycles. The molecule has 0 amide bonds. The third kappa shape index (κ3) is 3.15. The number of aryl methyl sites for hydroxylation is 1. The number of aromatic carboxylic acids is 1. The predicted molar refractivity (Wildman–Crippen MR) is 77.0 cm³/mol. The Morgan fingerprint density at radius 3 is 2.47 bits per heavy atom. The molecule has 4 heteroatoms. The van der Waals surface area contributed by atoms with E-state index < -0.39 is 5.97 Å². The molecule has 0 aromatic heterocycles. The predicted octanol–water partition coefficient (Wildman–Crippen LogP) is 4.50. The van der Waals surface area contributed by atoms with Crippen LogP contribution in [0.3, 0.4) is 0 Å². The molecule has 0 saturated carbocycles. The fourth-order valence-corrected chi connectivity index (χ4v) is 2.23. The summed E-state index contributed by atoms with van der Waals surface area (Å²) in [5.41, 5.74) is 1.34. The van der Waals surface area contributed by atoms with Crippen LogP contribution in [0.15, 0.2) is 46.9 Å². The maximum atomic E-state index is 11.2. The van der Waals surface area contributed by atoms with Gasteiger partial charge in [-0.2, -0.15) is 0 Å². The Bertz CT molecular complexity index is 591. The van der Waals surface area contributed by atoms with Crippen molar-refractivity contribution in [3.63, 3.8) is 0 Å². The summed E-state index contributed by atoms with van der Waals surface area (Å²) in [6.45, 7) is 2.08. The standard InChI is InChI=1S/C15H13BrO3/c1-2-10-6-8-11(9-7-10)19-13-5-3-4-12(16)14(13)15(17)18/h3-9H,2H2,1H3,(H,17,18). The Morgan fingerprint density at radius 2 is 1.89 bits per heavy atom. The molecule has 0 unspecified atom stereocenters. The van der Waals surface area contributed by atoms with Crippen molar-refractivity contribution in [2.45, 2.75) is 13.3 Å². The van der Waals surface area contributed by atoms with Crippen molar-refractivity contribution < 1.29 is 14.6 Å². The molecule has 2 aromatic carbocycles. The average molecular weight is 321 g/mol. The zero-order valence-electron chi connectivity index (χ0n) is 10.4. The first-order chi connectivity index (χ1) is 9.11. The SMILES string of the molecule is CCc1ccc(Oc2cccc(Br)c2C(=O)O)cc1. The summed E-state index contributed by atoms with van der Waals surface area (Å²) in [7, 11) is 0. The summed E-state index contributed by atoms with van der Waals surface area (Å²) in [6, 6.07) is 12.7. The topological polar surface area (TPSA) is 46.5 Å². The van der Waals surface area contributed by atoms with Gasteiger partial charge in [0, 0.05) is 4.47 Å². The highest BCUT2D eigenvalue weighted by atomic mass is 79.9. The van der Waals surface area contributed by atoms with E-state index in [-0.39, 0.29) is 5.56 Å². The Kier molecular flexibility index (Phi) is 4.22. The van der Waals surface area contributed by atoms with E-state index in [1.165, 1.54) is 5.56 Å². The van der Waals surface area contributed by atoms with Crippen LogP contribution in [0.25, 0.3) is 0 Å². The van der Waals surface area contributed by atoms with Crippen LogP contribution in [0.2, 0.25) is 0 Å². The van der Waals surface area contributed by atoms with Crippen molar-refractivity contribution in [2.24, 2.45) is 0 Å². The molecule has 0 heterocycles. The van der Waals surface area contributed by atoms with Gasteiger partial charge in [0.2, 0.25) is 0 Å². The number of ether oxygens (including phenoxy) is 1. The summed E-state index contributed by atoms with van der Waals surface area (Å²) in [5, 5.41) is 9.20. The van der Waals surface area contributed by atoms with E-state index in [1.54, 1.807) is 18.2 Å². The zero-order chi connectivity index (χ0) is 13.8. The van der Waals surface area contributed by atoms with Crippen molar-refractivity contribution >= 4 is 21.9 Å². The average Bonchev–Trinajstić information content (AvgIpc) is 2.39. The summed E-state index contributed by atoms with van der Waals surface area (Å²) in [6.07, 6.45) is 0.956. The molecule has 0 saturated heterocycles. The van der Waals surface area contributed by atoms with E-state index in [9.17, 15) is 9.90 Å². The van der Waals surface area contributed by atoms with Gasteiger partial charge in [0.15, 0.2) is 0 Å². The minimum atomic E-state index is -1.02. The Hall–Kier alpha value is -1.81. The molecule has 0 aliphatic carbocycles. The van der Waals surface area contributed by atoms with Crippen LogP contribution in [-0.4, -0.2) is 11.1 Å². The maximum Gasteiger partial charge on any atom is 0.340 e. The zero-order valence-corrected chi connectivity index (χ0v) is 12.0. The van der Waals surface area contributed by atoms with Gasteiger partial charge in [-0.1, -0.05) is 25.1 Å². The minimum Gasteiger partial charge on any atom is -0.478 e. The second kappa shape index (κ2) is 5.89. The molecule has 19 heavy (non-hydrogen) atoms. The summed E-state index contributed by atoms with van der Waals surface area (Å²) < 4.78 is 6.14. The minimum absolute atomic E-state index is 0.127. The van der Waals surface area contributed by atoms with E-state index in [2.05, 4.69) is 22.9 Å². The molecule has 2 rings (SSSR count). The molecule has 0 fully saturated rings. The van der Waals surface area contributed by atoms with Gasteiger partial charge in [-0.3, -0.25) is 0 Å². The second-order valence-corrected chi connectivity index (χ2v) is 4.87. The summed E-state index contributed by atoms with van der Waals surface area (Å²) in [5.74, 6) is -0.0726. The van der Waals surface area contributed by atoms with Crippen molar-refractivity contribution in [1.82, 2.24) is 0 Å². The van der Waals surface area contributed by atoms with Gasteiger partial charge in [0.25, 0.3) is 0 Å². The highest BCUT2D eigenvalue weighted by Gasteiger charge is 2.15. The molecule has 0 atom stereocenters. The van der Waals surface area contributed by atoms with Crippen molar-refractivity contribution in [1.29, 1.82) is 0 Å².